The van der Waals surface area contributed by atoms with Crippen molar-refractivity contribution in [1.82, 2.24) is 0 Å². The summed E-state index contributed by atoms with van der Waals surface area (Å²) in [6.45, 7) is 64.5. The molecule has 109 heavy (non-hydrogen) atoms. The Balaban J connectivity index is 0.000000449. The standard InChI is InChI=1S/2C21H30O2.C17H31N2O2.C17H24.C3H6N2O2.CHF3O3S.CF3O2S.2Cu.O/c2*1-7-23-18(22)17-13-21(17,6)14-8-9-15-16(12-14)20(4,5)11-10-19(15,2)3;1-15(2,3)11-9-20-13(18-11)17(7,8)14-19-12(10-21-14)16(4,5)6;1-12(2)13-7-8-14-15(11-13)17(5,6)10-9-16(14,3)4;1-2-7-5-4-3-6;2-1(3,4)8(5,6)7;2-1(3,4)7(5)6;;;/h2*8-9,12,17H,7,10-11,13H2,1-6H3;11-13H,9-10H2,1-8H3;7-8,11H,1,9-10H2,2-6H3;3H,2H2,1H3;(H,5,6,7);;;;/q;;-1;;;;-1;;+1;/t2*17-,21+;11-,12-,13?;;;;;;;/m001......./s1. The summed E-state index contributed by atoms with van der Waals surface area (Å²) in [5.74, 6) is 0.783. The number of esters is 2. The normalized spacial score (nSPS) is 24.6. The zero-order valence-electron chi connectivity index (χ0n) is 68.8. The third-order valence-electron chi connectivity index (χ3n) is 22.3. The molecule has 0 spiro atoms. The molecule has 5 aliphatic carbocycles. The van der Waals surface area contributed by atoms with E-state index in [-0.39, 0.29) is 108 Å². The average Bonchev–Trinajstić information content (AvgIpc) is 1.60. The van der Waals surface area contributed by atoms with Gasteiger partial charge in [-0.25, -0.2) is 4.99 Å². The van der Waals surface area contributed by atoms with Crippen LogP contribution in [0.25, 0.3) is 10.9 Å². The van der Waals surface area contributed by atoms with Gasteiger partial charge in [-0.1, -0.05) is 230 Å². The fraction of sp³-hybridized carbons (Fsp3) is 0.704. The first kappa shape index (κ1) is 100. The number of benzene rings is 3. The Morgan fingerprint density at radius 1 is 0.624 bits per heavy atom. The van der Waals surface area contributed by atoms with Crippen LogP contribution in [0.15, 0.2) is 76.6 Å². The number of carbonyl (C=O) groups excluding carboxylic acids is 3. The molecule has 1 N–H and O–H groups in total. The summed E-state index contributed by atoms with van der Waals surface area (Å²) in [5.41, 5.74) is 4.80. The number of aliphatic imine (C=N–C) groups is 1. The molecule has 0 bridgehead atoms. The predicted molar refractivity (Wildman–Crippen MR) is 406 cm³/mol. The first-order valence-corrected chi connectivity index (χ1v) is 39.7. The van der Waals surface area contributed by atoms with Crippen LogP contribution < -0.4 is 0 Å². The molecular weight excluding hydrogens is 1560 g/mol. The van der Waals surface area contributed by atoms with Crippen molar-refractivity contribution in [1.29, 1.82) is 0 Å². The van der Waals surface area contributed by atoms with Crippen LogP contribution in [0, 0.1) is 28.1 Å². The van der Waals surface area contributed by atoms with E-state index in [1.807, 2.05) is 13.8 Å². The summed E-state index contributed by atoms with van der Waals surface area (Å²) in [7, 11) is -9.77. The molecule has 28 heteroatoms. The van der Waals surface area contributed by atoms with Gasteiger partial charge in [0.15, 0.2) is 5.90 Å². The number of allylic oxidation sites excluding steroid dienone is 1. The van der Waals surface area contributed by atoms with E-state index in [9.17, 15) is 40.7 Å². The Bertz CT molecular complexity index is 3750. The first-order chi connectivity index (χ1) is 49.0. The molecule has 1 unspecified atom stereocenters. The summed E-state index contributed by atoms with van der Waals surface area (Å²) in [4.78, 5) is 42.6. The van der Waals surface area contributed by atoms with E-state index in [0.717, 1.165) is 24.3 Å². The molecule has 2 aliphatic heterocycles. The van der Waals surface area contributed by atoms with Crippen LogP contribution in [0.5, 0.6) is 0 Å². The van der Waals surface area contributed by atoms with Crippen molar-refractivity contribution >= 4 is 50.6 Å². The second-order valence-corrected chi connectivity index (χ2v) is 38.4. The molecule has 0 radical (unpaired) electrons. The first-order valence-electron chi connectivity index (χ1n) is 36.8. The number of rotatable bonds is 12. The van der Waals surface area contributed by atoms with Crippen molar-refractivity contribution in [2.75, 3.05) is 33.0 Å². The SMILES string of the molecule is C=C(C)c1ccc2c(c1)C(C)(C)CCC2(C)C.CC(C)(C1=N[C@@H](C(C)(C)C)CO1)C1[N-][C@@H](C(C)(C)C)CO1.CCOC(=O)[C@@H]1C[C@]1(C)c1ccc2c(c1)C(C)(C)CCC2(C)C.CCOC(=O)[C@@H]1C[C@]1(C)c1ccc2c(c1)C(C)(C)CCC2(C)C.CCON=NC=O.O=S(=O)(O)C(F)(F)F.O=[S-](=O)C(F)(F)F.[Cu+].[O]=[Cu]. The molecule has 627 valence electrons. The van der Waals surface area contributed by atoms with Crippen molar-refractivity contribution in [3.8, 4) is 0 Å². The molecule has 3 fully saturated rings. The van der Waals surface area contributed by atoms with E-state index in [4.69, 9.17) is 54.5 Å². The van der Waals surface area contributed by atoms with Gasteiger partial charge in [-0.15, -0.1) is 6.04 Å². The van der Waals surface area contributed by atoms with Crippen LogP contribution in [0.3, 0.4) is 0 Å². The van der Waals surface area contributed by atoms with Gasteiger partial charge < -0.3 is 37.5 Å². The van der Waals surface area contributed by atoms with Gasteiger partial charge in [-0.2, -0.15) is 34.8 Å². The Morgan fingerprint density at radius 2 is 0.972 bits per heavy atom. The van der Waals surface area contributed by atoms with Crippen LogP contribution >= 0.6 is 0 Å². The molecule has 0 aromatic heterocycles. The van der Waals surface area contributed by atoms with Gasteiger partial charge in [-0.05, 0) is 173 Å². The summed E-state index contributed by atoms with van der Waals surface area (Å²) in [6.07, 6.45) is 9.41. The number of amides is 1. The van der Waals surface area contributed by atoms with Crippen molar-refractivity contribution in [3.63, 3.8) is 0 Å². The number of halogens is 6. The van der Waals surface area contributed by atoms with Crippen molar-refractivity contribution in [2.24, 2.45) is 43.5 Å². The number of alkyl halides is 6. The van der Waals surface area contributed by atoms with Crippen LogP contribution in [0.4, 0.5) is 26.3 Å². The second-order valence-electron chi connectivity index (χ2n) is 36.1. The second kappa shape index (κ2) is 38.0. The van der Waals surface area contributed by atoms with E-state index in [1.165, 1.54) is 88.6 Å². The topological polar surface area (TPSA) is 254 Å². The summed E-state index contributed by atoms with van der Waals surface area (Å²) in [6, 6.07) is 21.3. The molecule has 10 rings (SSSR count). The van der Waals surface area contributed by atoms with Gasteiger partial charge in [0.1, 0.15) is 13.2 Å². The monoisotopic (exact) mass is 1680 g/mol. The third kappa shape index (κ3) is 26.3. The molecule has 2 heterocycles. The average molecular weight is 1680 g/mol. The zero-order valence-corrected chi connectivity index (χ0v) is 72.3. The van der Waals surface area contributed by atoms with Gasteiger partial charge in [0.25, 0.3) is 6.41 Å². The minimum atomic E-state index is -5.84. The summed E-state index contributed by atoms with van der Waals surface area (Å²) >= 11 is 2.94. The maximum atomic E-state index is 12.1. The fourth-order valence-corrected chi connectivity index (χ4v) is 14.0. The van der Waals surface area contributed by atoms with E-state index >= 15 is 0 Å². The van der Waals surface area contributed by atoms with Gasteiger partial charge >= 0.3 is 69.9 Å². The molecule has 7 atom stereocenters. The van der Waals surface area contributed by atoms with Gasteiger partial charge in [0, 0.05) is 38.8 Å². The van der Waals surface area contributed by atoms with Gasteiger partial charge in [0.05, 0.1) is 31.1 Å². The van der Waals surface area contributed by atoms with E-state index in [0.29, 0.717) is 50.3 Å². The van der Waals surface area contributed by atoms with Crippen LogP contribution in [-0.2, 0) is 148 Å². The fourth-order valence-electron chi connectivity index (χ4n) is 14.0. The molecule has 18 nitrogen and oxygen atoms in total. The van der Waals surface area contributed by atoms with Crippen LogP contribution in [0.2, 0.25) is 0 Å². The number of hydrogen-bond acceptors (Lipinski definition) is 16. The predicted octanol–water partition coefficient (Wildman–Crippen LogP) is 20.5. The minimum absolute atomic E-state index is 0. The Labute approximate surface area is 666 Å². The molecule has 3 aromatic carbocycles. The summed E-state index contributed by atoms with van der Waals surface area (Å²) < 4.78 is 137. The molecule has 3 aromatic rings. The molecule has 1 saturated heterocycles. The Morgan fingerprint density at radius 3 is 1.26 bits per heavy atom. The van der Waals surface area contributed by atoms with Crippen molar-refractivity contribution < 1.29 is 123 Å². The number of hydrogen-bond donors (Lipinski definition) is 1. The molecule has 2 saturated carbocycles. The van der Waals surface area contributed by atoms with E-state index in [1.54, 1.807) is 6.92 Å². The van der Waals surface area contributed by atoms with Crippen LogP contribution in [0.1, 0.15) is 281 Å². The molecule has 7 aliphatic rings. The Hall–Kier alpha value is -4.92. The Kier molecular flexibility index (Phi) is 34.9. The zero-order chi connectivity index (χ0) is 83.6. The van der Waals surface area contributed by atoms with Crippen molar-refractivity contribution in [3.05, 3.63) is 117 Å². The van der Waals surface area contributed by atoms with E-state index in [2.05, 4.69) is 252 Å². The quantitative estimate of drug-likeness (QED) is 0.0204. The third-order valence-corrected chi connectivity index (χ3v) is 23.3. The number of fused-ring (bicyclic) bond motifs is 3. The number of nitrogens with zero attached hydrogens (tertiary/aromatic N) is 4. The molecular formula is C81H122Cu2F6N4O14S2-. The number of carbonyl (C=O) groups is 3. The van der Waals surface area contributed by atoms with Gasteiger partial charge in [-0.3, -0.25) is 18.9 Å². The number of ether oxygens (including phenoxy) is 4. The van der Waals surface area contributed by atoms with Crippen molar-refractivity contribution in [2.45, 2.75) is 304 Å². The van der Waals surface area contributed by atoms with E-state index < -0.39 is 31.8 Å². The summed E-state index contributed by atoms with van der Waals surface area (Å²) in [5, 5.41) is 10.7. The van der Waals surface area contributed by atoms with Crippen LogP contribution in [-0.4, -0.2) is 99.6 Å². The van der Waals surface area contributed by atoms with Gasteiger partial charge in [0.2, 0.25) is 0 Å². The molecule has 1 amide bonds. The maximum absolute atomic E-state index is 12.1.